The second kappa shape index (κ2) is 4.45. The van der Waals surface area contributed by atoms with Crippen molar-refractivity contribution in [2.45, 2.75) is 0 Å². The molecule has 1 aromatic heterocycles. The summed E-state index contributed by atoms with van der Waals surface area (Å²) in [5.74, 6) is -0.318. The summed E-state index contributed by atoms with van der Waals surface area (Å²) in [5.41, 5.74) is 1.52. The molecule has 2 rings (SSSR count). The molecule has 0 N–H and O–H groups in total. The molecule has 1 heterocycles. The second-order valence-electron chi connectivity index (χ2n) is 2.91. The molecular formula is C9H8IN2O2P. The summed E-state index contributed by atoms with van der Waals surface area (Å²) in [5, 5.41) is 5.24. The molecular weight excluding hydrogens is 326 g/mol. The van der Waals surface area contributed by atoms with Crippen LogP contribution in [0.2, 0.25) is 0 Å². The summed E-state index contributed by atoms with van der Waals surface area (Å²) in [4.78, 5) is 11.3. The molecule has 0 saturated carbocycles. The van der Waals surface area contributed by atoms with Crippen LogP contribution >= 0.6 is 28.4 Å². The van der Waals surface area contributed by atoms with Gasteiger partial charge in [0.25, 0.3) is 0 Å². The molecule has 78 valence electrons. The predicted octanol–water partition coefficient (Wildman–Crippen LogP) is 2.61. The van der Waals surface area contributed by atoms with Gasteiger partial charge < -0.3 is 4.74 Å². The van der Waals surface area contributed by atoms with Gasteiger partial charge in [-0.3, -0.25) is 0 Å². The SMILES string of the molecule is COC(=O)c1ccc2cnn(PI)c2c1. The molecule has 0 saturated heterocycles. The minimum atomic E-state index is -0.318. The Labute approximate surface area is 101 Å². The van der Waals surface area contributed by atoms with Crippen LogP contribution in [0.4, 0.5) is 0 Å². The molecule has 0 radical (unpaired) electrons. The first-order chi connectivity index (χ1) is 7.26. The molecule has 0 aliphatic rings. The Morgan fingerprint density at radius 2 is 2.40 bits per heavy atom. The van der Waals surface area contributed by atoms with Crippen LogP contribution in [-0.4, -0.2) is 22.6 Å². The van der Waals surface area contributed by atoms with Gasteiger partial charge in [0.2, 0.25) is 0 Å². The summed E-state index contributed by atoms with van der Waals surface area (Å²) in [6.07, 6.45) is 2.32. The van der Waals surface area contributed by atoms with Gasteiger partial charge in [0, 0.05) is 5.39 Å². The molecule has 6 heteroatoms. The number of nitrogens with zero attached hydrogens (tertiary/aromatic N) is 2. The van der Waals surface area contributed by atoms with Crippen molar-refractivity contribution < 1.29 is 9.53 Å². The third kappa shape index (κ3) is 1.99. The van der Waals surface area contributed by atoms with E-state index in [0.29, 0.717) is 11.9 Å². The Balaban J connectivity index is 2.57. The molecule has 0 aliphatic carbocycles. The summed E-state index contributed by atoms with van der Waals surface area (Å²) in [7, 11) is 1.38. The second-order valence-corrected chi connectivity index (χ2v) is 4.95. The van der Waals surface area contributed by atoms with Crippen LogP contribution in [0, 0.1) is 0 Å². The highest BCUT2D eigenvalue weighted by Crippen LogP contribution is 2.28. The highest BCUT2D eigenvalue weighted by molar-refractivity contribution is 14.2. The molecule has 15 heavy (non-hydrogen) atoms. The van der Waals surface area contributed by atoms with Crippen LogP contribution in [0.25, 0.3) is 10.9 Å². The van der Waals surface area contributed by atoms with E-state index in [-0.39, 0.29) is 5.97 Å². The fourth-order valence-electron chi connectivity index (χ4n) is 1.33. The Bertz CT molecular complexity index is 512. The number of esters is 1. The number of rotatable bonds is 2. The number of carbonyl (C=O) groups excluding carboxylic acids is 1. The van der Waals surface area contributed by atoms with Crippen LogP contribution in [0.3, 0.4) is 0 Å². The van der Waals surface area contributed by atoms with Gasteiger partial charge in [0.1, 0.15) is 0 Å². The maximum absolute atomic E-state index is 11.3. The summed E-state index contributed by atoms with van der Waals surface area (Å²) in [6.45, 7) is 0. The van der Waals surface area contributed by atoms with Crippen molar-refractivity contribution in [3.05, 3.63) is 30.0 Å². The first-order valence-corrected chi connectivity index (χ1v) is 8.25. The average Bonchev–Trinajstić information content (AvgIpc) is 2.69. The minimum absolute atomic E-state index is 0.318. The third-order valence-electron chi connectivity index (χ3n) is 2.07. The van der Waals surface area contributed by atoms with Crippen molar-refractivity contribution in [1.82, 2.24) is 9.55 Å². The van der Waals surface area contributed by atoms with Crippen molar-refractivity contribution in [2.24, 2.45) is 0 Å². The Morgan fingerprint density at radius 1 is 1.60 bits per heavy atom. The lowest BCUT2D eigenvalue weighted by Gasteiger charge is -2.00. The van der Waals surface area contributed by atoms with Gasteiger partial charge in [-0.2, -0.15) is 5.10 Å². The van der Waals surface area contributed by atoms with Gasteiger partial charge in [-0.25, -0.2) is 9.25 Å². The number of ether oxygens (including phenoxy) is 1. The Morgan fingerprint density at radius 3 is 3.07 bits per heavy atom. The maximum atomic E-state index is 11.3. The predicted molar refractivity (Wildman–Crippen MR) is 68.8 cm³/mol. The van der Waals surface area contributed by atoms with Crippen molar-refractivity contribution in [1.29, 1.82) is 0 Å². The molecule has 0 fully saturated rings. The Hall–Kier alpha value is -0.680. The number of hydrogen-bond donors (Lipinski definition) is 0. The molecule has 2 aromatic rings. The number of fused-ring (bicyclic) bond motifs is 1. The van der Waals surface area contributed by atoms with Crippen LogP contribution in [-0.2, 0) is 4.74 Å². The highest BCUT2D eigenvalue weighted by atomic mass is 127. The van der Waals surface area contributed by atoms with Crippen LogP contribution in [0.1, 0.15) is 10.4 Å². The average molecular weight is 334 g/mol. The minimum Gasteiger partial charge on any atom is -0.465 e. The fourth-order valence-corrected chi connectivity index (χ4v) is 2.87. The van der Waals surface area contributed by atoms with Crippen LogP contribution < -0.4 is 0 Å². The zero-order valence-electron chi connectivity index (χ0n) is 7.90. The van der Waals surface area contributed by atoms with E-state index in [4.69, 9.17) is 0 Å². The van der Waals surface area contributed by atoms with Crippen molar-refractivity contribution in [3.8, 4) is 0 Å². The quantitative estimate of drug-likeness (QED) is 0.482. The lowest BCUT2D eigenvalue weighted by molar-refractivity contribution is 0.0601. The van der Waals surface area contributed by atoms with Gasteiger partial charge in [-0.1, -0.05) is 6.07 Å². The number of hydrogen-bond acceptors (Lipinski definition) is 3. The molecule has 1 aromatic carbocycles. The lowest BCUT2D eigenvalue weighted by atomic mass is 10.2. The molecule has 0 aliphatic heterocycles. The normalized spacial score (nSPS) is 11.3. The number of carbonyl (C=O) groups is 1. The largest absolute Gasteiger partial charge is 0.465 e. The van der Waals surface area contributed by atoms with E-state index in [2.05, 4.69) is 31.9 Å². The summed E-state index contributed by atoms with van der Waals surface area (Å²) in [6, 6.07) is 5.43. The monoisotopic (exact) mass is 334 g/mol. The van der Waals surface area contributed by atoms with E-state index in [1.54, 1.807) is 18.3 Å². The van der Waals surface area contributed by atoms with E-state index in [1.165, 1.54) is 7.11 Å². The molecule has 1 unspecified atom stereocenters. The number of aromatic nitrogens is 2. The number of halogens is 1. The summed E-state index contributed by atoms with van der Waals surface area (Å²) < 4.78 is 6.53. The molecule has 0 amide bonds. The van der Waals surface area contributed by atoms with Crippen LogP contribution in [0.5, 0.6) is 0 Å². The van der Waals surface area contributed by atoms with E-state index < -0.39 is 0 Å². The standard InChI is InChI=1S/C9H8IN2O2P/c1-14-9(13)6-2-3-7-5-11-12(15-10)8(7)4-6/h2-5,15H,1H3. The fraction of sp³-hybridized carbons (Fsp3) is 0.111. The Kier molecular flexibility index (Phi) is 3.21. The van der Waals surface area contributed by atoms with Crippen molar-refractivity contribution in [3.63, 3.8) is 0 Å². The van der Waals surface area contributed by atoms with Gasteiger partial charge in [-0.15, -0.1) is 0 Å². The lowest BCUT2D eigenvalue weighted by Crippen LogP contribution is -2.00. The van der Waals surface area contributed by atoms with E-state index in [0.717, 1.165) is 10.9 Å². The van der Waals surface area contributed by atoms with Gasteiger partial charge in [-0.05, 0) is 34.2 Å². The molecule has 0 spiro atoms. The smallest absolute Gasteiger partial charge is 0.337 e. The summed E-state index contributed by atoms with van der Waals surface area (Å²) >= 11 is 2.25. The van der Waals surface area contributed by atoms with Crippen molar-refractivity contribution >= 4 is 45.3 Å². The van der Waals surface area contributed by atoms with E-state index in [9.17, 15) is 4.79 Å². The number of benzene rings is 1. The highest BCUT2D eigenvalue weighted by Gasteiger charge is 2.08. The first kappa shape index (κ1) is 10.8. The zero-order valence-corrected chi connectivity index (χ0v) is 11.1. The maximum Gasteiger partial charge on any atom is 0.337 e. The van der Waals surface area contributed by atoms with Gasteiger partial charge in [0.05, 0.1) is 30.8 Å². The van der Waals surface area contributed by atoms with Gasteiger partial charge >= 0.3 is 5.97 Å². The van der Waals surface area contributed by atoms with Crippen molar-refractivity contribution in [2.75, 3.05) is 7.11 Å². The van der Waals surface area contributed by atoms with Gasteiger partial charge in [0.15, 0.2) is 0 Å². The molecule has 4 nitrogen and oxygen atoms in total. The number of methoxy groups -OCH3 is 1. The topological polar surface area (TPSA) is 44.1 Å². The third-order valence-corrected chi connectivity index (χ3v) is 3.96. The zero-order chi connectivity index (χ0) is 10.8. The van der Waals surface area contributed by atoms with E-state index >= 15 is 0 Å². The molecule has 1 atom stereocenters. The molecule has 0 bridgehead atoms. The van der Waals surface area contributed by atoms with Crippen LogP contribution in [0.15, 0.2) is 24.4 Å². The van der Waals surface area contributed by atoms with E-state index in [1.807, 2.05) is 10.5 Å². The first-order valence-electron chi connectivity index (χ1n) is 4.19.